The fourth-order valence-corrected chi connectivity index (χ4v) is 3.94. The van der Waals surface area contributed by atoms with Crippen LogP contribution < -0.4 is 15.0 Å². The van der Waals surface area contributed by atoms with Gasteiger partial charge < -0.3 is 15.0 Å². The topological polar surface area (TPSA) is 92.2 Å². The van der Waals surface area contributed by atoms with Crippen molar-refractivity contribution in [2.75, 3.05) is 18.6 Å². The number of benzene rings is 1. The third kappa shape index (κ3) is 3.64. The van der Waals surface area contributed by atoms with E-state index in [9.17, 15) is 9.59 Å². The van der Waals surface area contributed by atoms with E-state index in [2.05, 4.69) is 15.5 Å². The van der Waals surface area contributed by atoms with Gasteiger partial charge in [0.2, 0.25) is 11.8 Å². The second-order valence-electron chi connectivity index (χ2n) is 6.99. The third-order valence-electron chi connectivity index (χ3n) is 5.04. The molecule has 2 N–H and O–H groups in total. The van der Waals surface area contributed by atoms with Crippen molar-refractivity contribution in [2.24, 2.45) is 5.92 Å². The molecule has 1 saturated carbocycles. The zero-order valence-corrected chi connectivity index (χ0v) is 16.8. The molecule has 10 heteroatoms. The van der Waals surface area contributed by atoms with E-state index in [1.54, 1.807) is 23.1 Å². The molecule has 1 aliphatic heterocycles. The Hall–Kier alpha value is -2.39. The Bertz CT molecular complexity index is 984. The van der Waals surface area contributed by atoms with Crippen LogP contribution in [0.4, 0.5) is 5.69 Å². The number of amides is 2. The molecule has 1 unspecified atom stereocenters. The largest absolute Gasteiger partial charge is 0.495 e. The van der Waals surface area contributed by atoms with Crippen molar-refractivity contribution >= 4 is 41.3 Å². The summed E-state index contributed by atoms with van der Waals surface area (Å²) in [5, 5.41) is 10.4. The fraction of sp³-hybridized carbons (Fsp3) is 0.444. The Morgan fingerprint density at radius 2 is 2.25 bits per heavy atom. The van der Waals surface area contributed by atoms with E-state index in [0.717, 1.165) is 12.8 Å². The molecule has 4 rings (SSSR count). The molecule has 0 spiro atoms. The predicted octanol–water partition coefficient (Wildman–Crippen LogP) is 2.61. The smallest absolute Gasteiger partial charge is 0.227 e. The maximum absolute atomic E-state index is 12.6. The molecule has 2 fully saturated rings. The van der Waals surface area contributed by atoms with Crippen molar-refractivity contribution in [1.29, 1.82) is 0 Å². The number of rotatable bonds is 6. The van der Waals surface area contributed by atoms with E-state index in [1.807, 2.05) is 4.57 Å². The van der Waals surface area contributed by atoms with Gasteiger partial charge in [0.05, 0.1) is 25.3 Å². The van der Waals surface area contributed by atoms with Crippen LogP contribution in [0, 0.1) is 10.7 Å². The predicted molar refractivity (Wildman–Crippen MR) is 106 cm³/mol. The summed E-state index contributed by atoms with van der Waals surface area (Å²) < 4.78 is 7.86. The lowest BCUT2D eigenvalue weighted by atomic mass is 10.1. The number of ether oxygens (including phenoxy) is 1. The number of hydrogen-bond donors (Lipinski definition) is 2. The Morgan fingerprint density at radius 1 is 1.46 bits per heavy atom. The highest BCUT2D eigenvalue weighted by Gasteiger charge is 2.36. The number of anilines is 1. The zero-order chi connectivity index (χ0) is 19.8. The van der Waals surface area contributed by atoms with Gasteiger partial charge in [-0.25, -0.2) is 0 Å². The number of H-pyrrole nitrogens is 1. The van der Waals surface area contributed by atoms with Crippen LogP contribution in [0.15, 0.2) is 18.2 Å². The number of nitrogens with one attached hydrogen (secondary N) is 2. The lowest BCUT2D eigenvalue weighted by molar-refractivity contribution is -0.126. The minimum Gasteiger partial charge on any atom is -0.495 e. The van der Waals surface area contributed by atoms with Crippen LogP contribution in [-0.4, -0.2) is 40.2 Å². The molecular formula is C18H20ClN5O3S. The molecule has 0 bridgehead atoms. The Morgan fingerprint density at radius 3 is 2.96 bits per heavy atom. The van der Waals surface area contributed by atoms with Crippen molar-refractivity contribution in [2.45, 2.75) is 31.8 Å². The van der Waals surface area contributed by atoms with E-state index in [-0.39, 0.29) is 31.3 Å². The van der Waals surface area contributed by atoms with Crippen LogP contribution in [0.5, 0.6) is 5.75 Å². The minimum atomic E-state index is -0.451. The number of methoxy groups -OCH3 is 1. The SMILES string of the molecule is COc1ccc(Cl)cc1N1CC(C(=O)NCc2n[nH]c(=S)n2C2CC2)CC1=O. The number of nitrogens with zero attached hydrogens (tertiary/aromatic N) is 3. The first-order valence-electron chi connectivity index (χ1n) is 9.05. The summed E-state index contributed by atoms with van der Waals surface area (Å²) in [6.45, 7) is 0.546. The van der Waals surface area contributed by atoms with Gasteiger partial charge in [-0.05, 0) is 43.3 Å². The fourth-order valence-electron chi connectivity index (χ4n) is 3.47. The molecule has 2 heterocycles. The highest BCUT2D eigenvalue weighted by Crippen LogP contribution is 2.36. The molecule has 2 amide bonds. The Balaban J connectivity index is 1.43. The van der Waals surface area contributed by atoms with E-state index >= 15 is 0 Å². The summed E-state index contributed by atoms with van der Waals surface area (Å²) in [4.78, 5) is 26.7. The first-order chi connectivity index (χ1) is 13.5. The van der Waals surface area contributed by atoms with Crippen LogP contribution in [0.2, 0.25) is 5.02 Å². The van der Waals surface area contributed by atoms with Crippen LogP contribution in [0.1, 0.15) is 31.1 Å². The van der Waals surface area contributed by atoms with Crippen molar-refractivity contribution in [1.82, 2.24) is 20.1 Å². The summed E-state index contributed by atoms with van der Waals surface area (Å²) >= 11 is 11.3. The van der Waals surface area contributed by atoms with Gasteiger partial charge in [-0.3, -0.25) is 19.3 Å². The molecule has 1 aliphatic carbocycles. The van der Waals surface area contributed by atoms with Crippen LogP contribution in [0.25, 0.3) is 0 Å². The number of aromatic nitrogens is 3. The van der Waals surface area contributed by atoms with E-state index < -0.39 is 5.92 Å². The van der Waals surface area contributed by atoms with Crippen LogP contribution in [-0.2, 0) is 16.1 Å². The van der Waals surface area contributed by atoms with Crippen LogP contribution >= 0.6 is 23.8 Å². The summed E-state index contributed by atoms with van der Waals surface area (Å²) in [7, 11) is 1.53. The second kappa shape index (κ2) is 7.56. The summed E-state index contributed by atoms with van der Waals surface area (Å²) in [6.07, 6.45) is 2.28. The van der Waals surface area contributed by atoms with Gasteiger partial charge in [-0.2, -0.15) is 5.10 Å². The number of carbonyl (C=O) groups is 2. The third-order valence-corrected chi connectivity index (χ3v) is 5.56. The summed E-state index contributed by atoms with van der Waals surface area (Å²) in [5.41, 5.74) is 0.574. The molecule has 1 aromatic carbocycles. The van der Waals surface area contributed by atoms with E-state index in [0.29, 0.717) is 33.1 Å². The van der Waals surface area contributed by atoms with Crippen molar-refractivity contribution in [3.63, 3.8) is 0 Å². The molecule has 2 aliphatic rings. The van der Waals surface area contributed by atoms with Crippen molar-refractivity contribution < 1.29 is 14.3 Å². The van der Waals surface area contributed by atoms with Gasteiger partial charge in [0, 0.05) is 24.0 Å². The maximum Gasteiger partial charge on any atom is 0.227 e. The van der Waals surface area contributed by atoms with Crippen molar-refractivity contribution in [3.8, 4) is 5.75 Å². The molecule has 2 aromatic rings. The number of carbonyl (C=O) groups excluding carboxylic acids is 2. The van der Waals surface area contributed by atoms with Crippen LogP contribution in [0.3, 0.4) is 0 Å². The molecule has 0 radical (unpaired) electrons. The average molecular weight is 422 g/mol. The highest BCUT2D eigenvalue weighted by molar-refractivity contribution is 7.71. The zero-order valence-electron chi connectivity index (χ0n) is 15.3. The summed E-state index contributed by atoms with van der Waals surface area (Å²) in [5.74, 6) is 0.472. The number of hydrogen-bond acceptors (Lipinski definition) is 5. The lowest BCUT2D eigenvalue weighted by Gasteiger charge is -2.19. The lowest BCUT2D eigenvalue weighted by Crippen LogP contribution is -2.33. The monoisotopic (exact) mass is 421 g/mol. The van der Waals surface area contributed by atoms with E-state index in [1.165, 1.54) is 7.11 Å². The molecule has 8 nitrogen and oxygen atoms in total. The molecule has 148 valence electrons. The van der Waals surface area contributed by atoms with Crippen molar-refractivity contribution in [3.05, 3.63) is 33.8 Å². The second-order valence-corrected chi connectivity index (χ2v) is 7.81. The standard InChI is InChI=1S/C18H20ClN5O3S/c1-27-14-5-2-11(19)7-13(14)23-9-10(6-16(23)25)17(26)20-8-15-21-22-18(28)24(15)12-3-4-12/h2,5,7,10,12H,3-4,6,8-9H2,1H3,(H,20,26)(H,22,28). The Labute approximate surface area is 171 Å². The molecular weight excluding hydrogens is 402 g/mol. The number of aromatic amines is 1. The van der Waals surface area contributed by atoms with Gasteiger partial charge in [-0.1, -0.05) is 11.6 Å². The normalized spacial score (nSPS) is 19.1. The van der Waals surface area contributed by atoms with Gasteiger partial charge >= 0.3 is 0 Å². The van der Waals surface area contributed by atoms with E-state index in [4.69, 9.17) is 28.6 Å². The molecule has 1 aromatic heterocycles. The first kappa shape index (κ1) is 18.9. The summed E-state index contributed by atoms with van der Waals surface area (Å²) in [6, 6.07) is 5.45. The first-order valence-corrected chi connectivity index (χ1v) is 9.84. The molecule has 28 heavy (non-hydrogen) atoms. The quantitative estimate of drug-likeness (QED) is 0.699. The molecule has 1 atom stereocenters. The van der Waals surface area contributed by atoms with Gasteiger partial charge in [0.15, 0.2) is 10.6 Å². The van der Waals surface area contributed by atoms with Gasteiger partial charge in [0.1, 0.15) is 5.75 Å². The van der Waals surface area contributed by atoms with Gasteiger partial charge in [0.25, 0.3) is 0 Å². The maximum atomic E-state index is 12.6. The minimum absolute atomic E-state index is 0.136. The Kier molecular flexibility index (Phi) is 5.11. The van der Waals surface area contributed by atoms with Gasteiger partial charge in [-0.15, -0.1) is 0 Å². The highest BCUT2D eigenvalue weighted by atomic mass is 35.5. The number of halogens is 1. The molecule has 1 saturated heterocycles. The average Bonchev–Trinajstić information content (AvgIpc) is 3.34.